The number of ether oxygens (including phenoxy) is 1. The molecule has 0 aliphatic carbocycles. The first kappa shape index (κ1) is 28.2. The van der Waals surface area contributed by atoms with Crippen LogP contribution < -0.4 is 21.4 Å². The number of hydrazine groups is 1. The fourth-order valence-electron chi connectivity index (χ4n) is 6.46. The molecule has 4 N–H and O–H groups in total. The van der Waals surface area contributed by atoms with Crippen LogP contribution in [0, 0.1) is 6.92 Å². The van der Waals surface area contributed by atoms with Crippen molar-refractivity contribution in [2.75, 3.05) is 50.1 Å². The van der Waals surface area contributed by atoms with Gasteiger partial charge in [0.1, 0.15) is 0 Å². The van der Waals surface area contributed by atoms with Crippen molar-refractivity contribution in [1.29, 1.82) is 0 Å². The Bertz CT molecular complexity index is 1210. The fourth-order valence-corrected chi connectivity index (χ4v) is 6.46. The fraction of sp³-hybridized carbons (Fsp3) is 0.533. The number of carbonyl (C=O) groups is 2. The van der Waals surface area contributed by atoms with Crippen LogP contribution in [0.4, 0.5) is 11.4 Å². The smallest absolute Gasteiger partial charge is 0.270 e. The van der Waals surface area contributed by atoms with Crippen LogP contribution in [0.3, 0.4) is 0 Å². The second-order valence-corrected chi connectivity index (χ2v) is 11.3. The van der Waals surface area contributed by atoms with Crippen molar-refractivity contribution in [2.45, 2.75) is 64.5 Å². The minimum absolute atomic E-state index is 0.0196. The maximum atomic E-state index is 13.6. The zero-order valence-corrected chi connectivity index (χ0v) is 24.0. The number of amides is 2. The van der Waals surface area contributed by atoms with E-state index in [0.29, 0.717) is 25.2 Å². The predicted molar refractivity (Wildman–Crippen MR) is 157 cm³/mol. The Balaban J connectivity index is 1.47. The molecule has 0 aromatic heterocycles. The Hall–Kier alpha value is -3.34. The standard InChI is InChI=1S/C30H43N7O3/c1-5-27(38)35-12-7-6-8-24(18-35)36-28-20(2)14-22(17-34-13-10-25(19-34)40-4)16-26(28)33-30(36)37(31)29(39)23-9-11-32-21(3)15-23/h5,9,14-16,24-25,30,32-33H,1,6-8,10-13,17-19,31H2,2-4H3/t24-,25-,30?/m1/s1. The van der Waals surface area contributed by atoms with Crippen LogP contribution in [0.25, 0.3) is 0 Å². The molecular weight excluding hydrogens is 506 g/mol. The third-order valence-electron chi connectivity index (χ3n) is 8.48. The van der Waals surface area contributed by atoms with E-state index in [1.807, 2.05) is 24.0 Å². The van der Waals surface area contributed by atoms with Gasteiger partial charge in [-0.15, -0.1) is 0 Å². The van der Waals surface area contributed by atoms with E-state index in [-0.39, 0.29) is 24.0 Å². The van der Waals surface area contributed by atoms with Gasteiger partial charge in [0, 0.05) is 57.6 Å². The van der Waals surface area contributed by atoms with Gasteiger partial charge in [-0.3, -0.25) is 14.5 Å². The SMILES string of the molecule is C=CC(=O)N1CCCC[C@@H](N2c3c(C)cc(CN4CC[C@@H](OC)C4)cc3NC2N(N)C(=O)C2=CCNC(C)=C2)C1. The molecule has 2 fully saturated rings. The molecule has 10 nitrogen and oxygen atoms in total. The molecule has 1 aromatic rings. The quantitative estimate of drug-likeness (QED) is 0.206. The average Bonchev–Trinajstić information content (AvgIpc) is 3.48. The van der Waals surface area contributed by atoms with Crippen LogP contribution in [0.5, 0.6) is 0 Å². The number of benzene rings is 1. The van der Waals surface area contributed by atoms with E-state index >= 15 is 0 Å². The second kappa shape index (κ2) is 12.0. The van der Waals surface area contributed by atoms with Gasteiger partial charge in [-0.05, 0) is 68.9 Å². The monoisotopic (exact) mass is 549 g/mol. The number of nitrogens with one attached hydrogen (secondary N) is 2. The molecule has 1 unspecified atom stereocenters. The molecule has 216 valence electrons. The second-order valence-electron chi connectivity index (χ2n) is 11.3. The predicted octanol–water partition coefficient (Wildman–Crippen LogP) is 2.43. The number of carbonyl (C=O) groups excluding carboxylic acids is 2. The molecule has 0 radical (unpaired) electrons. The number of nitrogens with zero attached hydrogens (tertiary/aromatic N) is 4. The summed E-state index contributed by atoms with van der Waals surface area (Å²) < 4.78 is 5.56. The number of likely N-dealkylation sites (tertiary alicyclic amines) is 2. The van der Waals surface area contributed by atoms with Crippen molar-refractivity contribution in [3.8, 4) is 0 Å². The largest absolute Gasteiger partial charge is 0.385 e. The van der Waals surface area contributed by atoms with Crippen molar-refractivity contribution < 1.29 is 14.3 Å². The normalized spacial score (nSPS) is 24.9. The van der Waals surface area contributed by atoms with Crippen molar-refractivity contribution in [3.05, 3.63) is 59.3 Å². The van der Waals surface area contributed by atoms with Gasteiger partial charge in [0.15, 0.2) is 6.29 Å². The number of allylic oxidation sites excluding steroid dienone is 1. The van der Waals surface area contributed by atoms with Gasteiger partial charge in [0.05, 0.1) is 23.5 Å². The summed E-state index contributed by atoms with van der Waals surface area (Å²) >= 11 is 0. The Morgan fingerprint density at radius 2 is 2.02 bits per heavy atom. The zero-order chi connectivity index (χ0) is 28.4. The van der Waals surface area contributed by atoms with Gasteiger partial charge in [-0.2, -0.15) is 0 Å². The molecule has 4 aliphatic rings. The summed E-state index contributed by atoms with van der Waals surface area (Å²) in [6, 6.07) is 4.41. The van der Waals surface area contributed by atoms with E-state index in [9.17, 15) is 9.59 Å². The highest BCUT2D eigenvalue weighted by Crippen LogP contribution is 2.42. The molecule has 5 rings (SSSR count). The van der Waals surface area contributed by atoms with Crippen molar-refractivity contribution >= 4 is 23.2 Å². The molecule has 4 heterocycles. The maximum absolute atomic E-state index is 13.6. The van der Waals surface area contributed by atoms with Gasteiger partial charge in [-0.25, -0.2) is 10.9 Å². The first-order chi connectivity index (χ1) is 19.3. The van der Waals surface area contributed by atoms with Crippen LogP contribution in [-0.4, -0.2) is 84.9 Å². The van der Waals surface area contributed by atoms with E-state index in [0.717, 1.165) is 68.0 Å². The molecule has 10 heteroatoms. The summed E-state index contributed by atoms with van der Waals surface area (Å²) in [7, 11) is 1.78. The third kappa shape index (κ3) is 5.75. The summed E-state index contributed by atoms with van der Waals surface area (Å²) in [6.45, 7) is 12.4. The lowest BCUT2D eigenvalue weighted by molar-refractivity contribution is -0.129. The number of rotatable bonds is 7. The Labute approximate surface area is 237 Å². The van der Waals surface area contributed by atoms with Crippen molar-refractivity contribution in [3.63, 3.8) is 0 Å². The lowest BCUT2D eigenvalue weighted by atomic mass is 10.0. The first-order valence-electron chi connectivity index (χ1n) is 14.3. The van der Waals surface area contributed by atoms with E-state index < -0.39 is 6.29 Å². The van der Waals surface area contributed by atoms with Crippen LogP contribution in [0.1, 0.15) is 43.7 Å². The maximum Gasteiger partial charge on any atom is 0.270 e. The van der Waals surface area contributed by atoms with E-state index in [1.54, 1.807) is 7.11 Å². The molecular formula is C30H43N7O3. The van der Waals surface area contributed by atoms with Gasteiger partial charge in [0.25, 0.3) is 5.91 Å². The molecule has 0 bridgehead atoms. The number of hydrogen-bond acceptors (Lipinski definition) is 8. The molecule has 2 amide bonds. The molecule has 0 saturated carbocycles. The summed E-state index contributed by atoms with van der Waals surface area (Å²) in [6.07, 6.45) is 8.62. The number of dihydropyridines is 1. The van der Waals surface area contributed by atoms with Gasteiger partial charge in [-0.1, -0.05) is 18.7 Å². The molecule has 0 spiro atoms. The van der Waals surface area contributed by atoms with Crippen LogP contribution in [0.15, 0.2) is 48.2 Å². The zero-order valence-electron chi connectivity index (χ0n) is 24.0. The van der Waals surface area contributed by atoms with Gasteiger partial charge < -0.3 is 25.2 Å². The molecule has 40 heavy (non-hydrogen) atoms. The number of hydrogen-bond donors (Lipinski definition) is 3. The third-order valence-corrected chi connectivity index (χ3v) is 8.48. The van der Waals surface area contributed by atoms with E-state index in [1.165, 1.54) is 16.6 Å². The van der Waals surface area contributed by atoms with Crippen molar-refractivity contribution in [1.82, 2.24) is 20.1 Å². The van der Waals surface area contributed by atoms with E-state index in [2.05, 4.69) is 46.1 Å². The number of nitrogens with two attached hydrogens (primary N) is 1. The molecule has 4 aliphatic heterocycles. The van der Waals surface area contributed by atoms with E-state index in [4.69, 9.17) is 10.6 Å². The molecule has 1 aromatic carbocycles. The Kier molecular flexibility index (Phi) is 8.48. The molecule has 2 saturated heterocycles. The highest BCUT2D eigenvalue weighted by molar-refractivity contribution is 5.97. The summed E-state index contributed by atoms with van der Waals surface area (Å²) in [5, 5.41) is 8.12. The lowest BCUT2D eigenvalue weighted by Crippen LogP contribution is -2.60. The Morgan fingerprint density at radius 1 is 1.20 bits per heavy atom. The van der Waals surface area contributed by atoms with Gasteiger partial charge >= 0.3 is 0 Å². The number of aryl methyl sites for hydroxylation is 1. The van der Waals surface area contributed by atoms with Crippen LogP contribution in [-0.2, 0) is 20.9 Å². The highest BCUT2D eigenvalue weighted by atomic mass is 16.5. The number of fused-ring (bicyclic) bond motifs is 1. The lowest BCUT2D eigenvalue weighted by Gasteiger charge is -2.40. The number of anilines is 2. The summed E-state index contributed by atoms with van der Waals surface area (Å²) in [5.74, 6) is 6.34. The topological polar surface area (TPSA) is 106 Å². The first-order valence-corrected chi connectivity index (χ1v) is 14.3. The van der Waals surface area contributed by atoms with Crippen LogP contribution in [0.2, 0.25) is 0 Å². The van der Waals surface area contributed by atoms with Crippen molar-refractivity contribution in [2.24, 2.45) is 5.84 Å². The minimum atomic E-state index is -0.589. The van der Waals surface area contributed by atoms with Gasteiger partial charge in [0.2, 0.25) is 5.91 Å². The molecule has 3 atom stereocenters. The Morgan fingerprint density at radius 3 is 2.75 bits per heavy atom. The van der Waals surface area contributed by atoms with Crippen LogP contribution >= 0.6 is 0 Å². The summed E-state index contributed by atoms with van der Waals surface area (Å²) in [4.78, 5) is 32.8. The minimum Gasteiger partial charge on any atom is -0.385 e. The average molecular weight is 550 g/mol. The summed E-state index contributed by atoms with van der Waals surface area (Å²) in [5.41, 5.74) is 5.83. The number of methoxy groups -OCH3 is 1. The highest BCUT2D eigenvalue weighted by Gasteiger charge is 2.41.